The molecule has 0 aliphatic rings. The van der Waals surface area contributed by atoms with E-state index in [9.17, 15) is 4.79 Å². The number of aryl methyl sites for hydroxylation is 1. The summed E-state index contributed by atoms with van der Waals surface area (Å²) in [6, 6.07) is 0. The average molecular weight is 313 g/mol. The molecule has 2 aromatic rings. The van der Waals surface area contributed by atoms with E-state index in [2.05, 4.69) is 26.0 Å². The highest BCUT2D eigenvalue weighted by molar-refractivity contribution is 9.10. The van der Waals surface area contributed by atoms with Gasteiger partial charge in [-0.2, -0.15) is 5.10 Å². The fourth-order valence-electron chi connectivity index (χ4n) is 1.63. The van der Waals surface area contributed by atoms with Crippen LogP contribution in [0.3, 0.4) is 0 Å². The number of methoxy groups -OCH3 is 1. The van der Waals surface area contributed by atoms with Crippen LogP contribution < -0.4 is 0 Å². The van der Waals surface area contributed by atoms with E-state index in [1.807, 2.05) is 0 Å². The van der Waals surface area contributed by atoms with E-state index in [1.165, 1.54) is 0 Å². The molecule has 0 N–H and O–H groups in total. The molecule has 0 fully saturated rings. The molecule has 2 rings (SSSR count). The third-order valence-corrected chi connectivity index (χ3v) is 3.15. The zero-order chi connectivity index (χ0) is 13.1. The first-order valence-corrected chi connectivity index (χ1v) is 6.15. The summed E-state index contributed by atoms with van der Waals surface area (Å²) in [4.78, 5) is 16.3. The first-order valence-electron chi connectivity index (χ1n) is 5.36. The van der Waals surface area contributed by atoms with Gasteiger partial charge in [0.25, 0.3) is 0 Å². The fourth-order valence-corrected chi connectivity index (χ4v) is 2.11. The van der Waals surface area contributed by atoms with Crippen LogP contribution in [0.5, 0.6) is 0 Å². The van der Waals surface area contributed by atoms with Gasteiger partial charge in [0.15, 0.2) is 0 Å². The smallest absolute Gasteiger partial charge is 0.230 e. The van der Waals surface area contributed by atoms with E-state index in [-0.39, 0.29) is 5.78 Å². The van der Waals surface area contributed by atoms with E-state index in [1.54, 1.807) is 42.1 Å². The number of ketones is 1. The Labute approximate surface area is 113 Å². The Morgan fingerprint density at radius 2 is 2.28 bits per heavy atom. The molecule has 0 unspecified atom stereocenters. The molecule has 0 spiro atoms. The number of hydrogen-bond acceptors (Lipinski definition) is 4. The van der Waals surface area contributed by atoms with Gasteiger partial charge in [0.05, 0.1) is 36.3 Å². The third-order valence-electron chi connectivity index (χ3n) is 2.57. The molecule has 0 aliphatic carbocycles. The molecule has 0 radical (unpaired) electrons. The van der Waals surface area contributed by atoms with Crippen molar-refractivity contribution in [3.05, 3.63) is 34.6 Å². The van der Waals surface area contributed by atoms with Crippen molar-refractivity contribution in [1.29, 1.82) is 0 Å². The number of halogens is 1. The molecule has 2 aromatic heterocycles. The monoisotopic (exact) mass is 312 g/mol. The Kier molecular flexibility index (Phi) is 3.93. The van der Waals surface area contributed by atoms with Crippen molar-refractivity contribution in [3.8, 4) is 0 Å². The molecule has 0 atom stereocenters. The summed E-state index contributed by atoms with van der Waals surface area (Å²) in [7, 11) is 3.39. The maximum absolute atomic E-state index is 12.4. The van der Waals surface area contributed by atoms with Gasteiger partial charge in [-0.25, -0.2) is 4.98 Å². The second-order valence-electron chi connectivity index (χ2n) is 3.78. The number of imidazole rings is 1. The molecule has 0 amide bonds. The SMILES string of the molecule is COCCn1ncc(Br)c1C(=O)c1cncn1C. The number of aromatic nitrogens is 4. The summed E-state index contributed by atoms with van der Waals surface area (Å²) in [5.74, 6) is -0.115. The standard InChI is InChI=1S/C11H13BrN4O2/c1-15-7-13-6-9(15)11(17)10-8(12)5-14-16(10)3-4-18-2/h5-7H,3-4H2,1-2H3. The van der Waals surface area contributed by atoms with Crippen LogP contribution in [-0.4, -0.2) is 38.8 Å². The van der Waals surface area contributed by atoms with Crippen molar-refractivity contribution < 1.29 is 9.53 Å². The Balaban J connectivity index is 2.35. The molecule has 96 valence electrons. The summed E-state index contributed by atoms with van der Waals surface area (Å²) in [6.45, 7) is 1.03. The Bertz CT molecular complexity index is 561. The third kappa shape index (κ3) is 2.37. The Hall–Kier alpha value is -1.47. The van der Waals surface area contributed by atoms with Crippen LogP contribution >= 0.6 is 15.9 Å². The average Bonchev–Trinajstić information content (AvgIpc) is 2.92. The van der Waals surface area contributed by atoms with Gasteiger partial charge in [-0.05, 0) is 15.9 Å². The summed E-state index contributed by atoms with van der Waals surface area (Å²) >= 11 is 3.35. The Morgan fingerprint density at radius 3 is 2.89 bits per heavy atom. The van der Waals surface area contributed by atoms with Crippen molar-refractivity contribution >= 4 is 21.7 Å². The van der Waals surface area contributed by atoms with E-state index in [0.29, 0.717) is 29.0 Å². The number of carbonyl (C=O) groups is 1. The summed E-state index contributed by atoms with van der Waals surface area (Å²) in [5, 5.41) is 4.15. The quantitative estimate of drug-likeness (QED) is 0.780. The summed E-state index contributed by atoms with van der Waals surface area (Å²) in [6.07, 6.45) is 4.75. The highest BCUT2D eigenvalue weighted by Gasteiger charge is 2.21. The van der Waals surface area contributed by atoms with Crippen molar-refractivity contribution in [1.82, 2.24) is 19.3 Å². The van der Waals surface area contributed by atoms with Crippen molar-refractivity contribution in [3.63, 3.8) is 0 Å². The van der Waals surface area contributed by atoms with Gasteiger partial charge in [-0.15, -0.1) is 0 Å². The van der Waals surface area contributed by atoms with Gasteiger partial charge < -0.3 is 9.30 Å². The van der Waals surface area contributed by atoms with Crippen molar-refractivity contribution in [2.45, 2.75) is 6.54 Å². The minimum Gasteiger partial charge on any atom is -0.383 e. The van der Waals surface area contributed by atoms with Gasteiger partial charge in [-0.1, -0.05) is 0 Å². The van der Waals surface area contributed by atoms with Gasteiger partial charge in [0.1, 0.15) is 11.4 Å². The van der Waals surface area contributed by atoms with E-state index >= 15 is 0 Å². The predicted molar refractivity (Wildman–Crippen MR) is 68.4 cm³/mol. The molecular weight excluding hydrogens is 300 g/mol. The highest BCUT2D eigenvalue weighted by Crippen LogP contribution is 2.19. The lowest BCUT2D eigenvalue weighted by molar-refractivity contribution is 0.101. The molecule has 0 bridgehead atoms. The molecule has 18 heavy (non-hydrogen) atoms. The van der Waals surface area contributed by atoms with Crippen molar-refractivity contribution in [2.24, 2.45) is 7.05 Å². The molecule has 0 aliphatic heterocycles. The molecule has 0 aromatic carbocycles. The molecular formula is C11H13BrN4O2. The molecule has 2 heterocycles. The maximum atomic E-state index is 12.4. The predicted octanol–water partition coefficient (Wildman–Crippen LogP) is 1.26. The normalized spacial score (nSPS) is 10.8. The van der Waals surface area contributed by atoms with Gasteiger partial charge in [0, 0.05) is 14.2 Å². The van der Waals surface area contributed by atoms with Gasteiger partial charge in [0.2, 0.25) is 5.78 Å². The summed E-state index contributed by atoms with van der Waals surface area (Å²) in [5.41, 5.74) is 1.03. The Morgan fingerprint density at radius 1 is 1.50 bits per heavy atom. The molecule has 7 heteroatoms. The van der Waals surface area contributed by atoms with Crippen molar-refractivity contribution in [2.75, 3.05) is 13.7 Å². The zero-order valence-corrected chi connectivity index (χ0v) is 11.7. The van der Waals surface area contributed by atoms with E-state index in [4.69, 9.17) is 4.74 Å². The maximum Gasteiger partial charge on any atom is 0.230 e. The lowest BCUT2D eigenvalue weighted by Crippen LogP contribution is -2.16. The fraction of sp³-hybridized carbons (Fsp3) is 0.364. The molecule has 0 saturated heterocycles. The zero-order valence-electron chi connectivity index (χ0n) is 10.1. The lowest BCUT2D eigenvalue weighted by Gasteiger charge is -2.07. The second-order valence-corrected chi connectivity index (χ2v) is 4.63. The molecule has 6 nitrogen and oxygen atoms in total. The molecule has 0 saturated carbocycles. The number of rotatable bonds is 5. The van der Waals surface area contributed by atoms with E-state index < -0.39 is 0 Å². The van der Waals surface area contributed by atoms with Crippen LogP contribution in [0.2, 0.25) is 0 Å². The van der Waals surface area contributed by atoms with Crippen LogP contribution in [0.15, 0.2) is 23.2 Å². The van der Waals surface area contributed by atoms with Crippen LogP contribution in [-0.2, 0) is 18.3 Å². The van der Waals surface area contributed by atoms with Crippen LogP contribution in [0, 0.1) is 0 Å². The number of carbonyl (C=O) groups excluding carboxylic acids is 1. The lowest BCUT2D eigenvalue weighted by atomic mass is 10.2. The van der Waals surface area contributed by atoms with Crippen LogP contribution in [0.4, 0.5) is 0 Å². The number of nitrogens with zero attached hydrogens (tertiary/aromatic N) is 4. The largest absolute Gasteiger partial charge is 0.383 e. The minimum absolute atomic E-state index is 0.115. The number of ether oxygens (including phenoxy) is 1. The first-order chi connectivity index (χ1) is 8.65. The summed E-state index contributed by atoms with van der Waals surface area (Å²) < 4.78 is 8.98. The van der Waals surface area contributed by atoms with Crippen LogP contribution in [0.25, 0.3) is 0 Å². The first kappa shape index (κ1) is 13.0. The van der Waals surface area contributed by atoms with Gasteiger partial charge >= 0.3 is 0 Å². The van der Waals surface area contributed by atoms with E-state index in [0.717, 1.165) is 0 Å². The van der Waals surface area contributed by atoms with Gasteiger partial charge in [-0.3, -0.25) is 9.48 Å². The second kappa shape index (κ2) is 5.45. The number of hydrogen-bond donors (Lipinski definition) is 0. The van der Waals surface area contributed by atoms with Crippen LogP contribution in [0.1, 0.15) is 16.2 Å². The topological polar surface area (TPSA) is 61.9 Å². The minimum atomic E-state index is -0.115. The highest BCUT2D eigenvalue weighted by atomic mass is 79.9.